The highest BCUT2D eigenvalue weighted by molar-refractivity contribution is 6.51. The minimum atomic E-state index is -1.30. The number of carbonyl (C=O) groups excluding carboxylic acids is 2. The molecule has 2 aromatic carbocycles. The molecule has 2 aliphatic heterocycles. The molecule has 34 heavy (non-hydrogen) atoms. The van der Waals surface area contributed by atoms with Gasteiger partial charge < -0.3 is 25.4 Å². The van der Waals surface area contributed by atoms with Crippen LogP contribution < -0.4 is 20.3 Å². The maximum absolute atomic E-state index is 13.5. The third-order valence-electron chi connectivity index (χ3n) is 5.98. The number of benzene rings is 2. The summed E-state index contributed by atoms with van der Waals surface area (Å²) < 4.78 is 5.15. The highest BCUT2D eigenvalue weighted by Crippen LogP contribution is 2.29. The highest BCUT2D eigenvalue weighted by Gasteiger charge is 2.33. The van der Waals surface area contributed by atoms with E-state index in [9.17, 15) is 19.5 Å². The molecule has 2 aromatic rings. The van der Waals surface area contributed by atoms with Crippen LogP contribution in [0.1, 0.15) is 25.7 Å². The summed E-state index contributed by atoms with van der Waals surface area (Å²) in [6.45, 7) is 0.938. The first kappa shape index (κ1) is 23.0. The number of carboxylic acid groups (broad SMARTS) is 1. The average molecular weight is 463 g/mol. The molecule has 0 aliphatic carbocycles. The molecule has 2 amide bonds. The monoisotopic (exact) mass is 462 g/mol. The Kier molecular flexibility index (Phi) is 6.62. The van der Waals surface area contributed by atoms with Gasteiger partial charge in [0.1, 0.15) is 17.2 Å². The van der Waals surface area contributed by atoms with Gasteiger partial charge in [0.25, 0.3) is 5.91 Å². The number of carboxylic acids is 1. The lowest BCUT2D eigenvalue weighted by Crippen LogP contribution is -2.44. The van der Waals surface area contributed by atoms with Crippen LogP contribution in [-0.2, 0) is 14.4 Å². The number of carbonyl (C=O) groups is 3. The Morgan fingerprint density at radius 3 is 2.18 bits per heavy atom. The maximum Gasteiger partial charge on any atom is 0.352 e. The normalized spacial score (nSPS) is 19.4. The number of nitrogens with zero attached hydrogens (tertiary/aromatic N) is 3. The van der Waals surface area contributed by atoms with Crippen LogP contribution in [0.25, 0.3) is 0 Å². The van der Waals surface area contributed by atoms with E-state index in [0.29, 0.717) is 30.1 Å². The van der Waals surface area contributed by atoms with Crippen LogP contribution in [0.15, 0.2) is 64.8 Å². The molecule has 0 saturated carbocycles. The standard InChI is InChI=1S/C25H26N4O5/c1-34-19-11-5-16(6-12-19)27-23-20(22(26)25(32)33)13-15-29(24(23)31)18-9-7-17(8-10-18)28-14-3-2-4-21(28)30/h5-12H,2-4,13-15,26H2,1H3,(H,32,33). The minimum Gasteiger partial charge on any atom is -0.497 e. The van der Waals surface area contributed by atoms with Crippen molar-refractivity contribution in [2.24, 2.45) is 10.7 Å². The van der Waals surface area contributed by atoms with Gasteiger partial charge in [-0.2, -0.15) is 0 Å². The number of methoxy groups -OCH3 is 1. The van der Waals surface area contributed by atoms with Gasteiger partial charge in [0.05, 0.1) is 12.8 Å². The number of hydrogen-bond donors (Lipinski definition) is 2. The second-order valence-electron chi connectivity index (χ2n) is 8.08. The lowest BCUT2D eigenvalue weighted by molar-refractivity contribution is -0.132. The van der Waals surface area contributed by atoms with Crippen LogP contribution in [0.3, 0.4) is 0 Å². The van der Waals surface area contributed by atoms with Gasteiger partial charge in [-0.1, -0.05) is 0 Å². The zero-order valence-corrected chi connectivity index (χ0v) is 18.9. The van der Waals surface area contributed by atoms with Gasteiger partial charge in [0.2, 0.25) is 5.91 Å². The number of hydrogen-bond acceptors (Lipinski definition) is 6. The van der Waals surface area contributed by atoms with Crippen molar-refractivity contribution in [1.29, 1.82) is 0 Å². The predicted molar refractivity (Wildman–Crippen MR) is 129 cm³/mol. The summed E-state index contributed by atoms with van der Waals surface area (Å²) in [5.74, 6) is -1.01. The fraction of sp³-hybridized carbons (Fsp3) is 0.280. The van der Waals surface area contributed by atoms with Gasteiger partial charge in [0.15, 0.2) is 0 Å². The molecule has 2 saturated heterocycles. The van der Waals surface area contributed by atoms with Crippen molar-refractivity contribution in [3.63, 3.8) is 0 Å². The molecule has 0 bridgehead atoms. The number of ether oxygens (including phenoxy) is 1. The first-order valence-electron chi connectivity index (χ1n) is 11.1. The van der Waals surface area contributed by atoms with Gasteiger partial charge in [-0.25, -0.2) is 9.79 Å². The van der Waals surface area contributed by atoms with E-state index in [0.717, 1.165) is 18.5 Å². The molecule has 3 N–H and O–H groups in total. The fourth-order valence-corrected chi connectivity index (χ4v) is 4.13. The lowest BCUT2D eigenvalue weighted by Gasteiger charge is -2.31. The minimum absolute atomic E-state index is 0.00778. The highest BCUT2D eigenvalue weighted by atomic mass is 16.5. The molecule has 0 unspecified atom stereocenters. The number of anilines is 2. The average Bonchev–Trinajstić information content (AvgIpc) is 2.85. The third kappa shape index (κ3) is 4.63. The summed E-state index contributed by atoms with van der Waals surface area (Å²) in [5, 5.41) is 9.42. The van der Waals surface area contributed by atoms with Gasteiger partial charge in [-0.15, -0.1) is 0 Å². The van der Waals surface area contributed by atoms with Crippen molar-refractivity contribution in [2.75, 3.05) is 30.0 Å². The number of aliphatic carboxylic acids is 1. The summed E-state index contributed by atoms with van der Waals surface area (Å²) in [6, 6.07) is 14.0. The Hall–Kier alpha value is -4.14. The van der Waals surface area contributed by atoms with E-state index in [1.54, 1.807) is 53.3 Å². The molecule has 2 heterocycles. The number of aliphatic imine (C=N–C) groups is 1. The van der Waals surface area contributed by atoms with Gasteiger partial charge in [-0.05, 0) is 67.8 Å². The molecular formula is C25H26N4O5. The van der Waals surface area contributed by atoms with Gasteiger partial charge in [-0.3, -0.25) is 9.59 Å². The molecule has 2 aliphatic rings. The number of piperidine rings is 2. The molecule has 9 heteroatoms. The van der Waals surface area contributed by atoms with E-state index >= 15 is 0 Å². The van der Waals surface area contributed by atoms with Crippen molar-refractivity contribution in [1.82, 2.24) is 0 Å². The molecule has 0 atom stereocenters. The summed E-state index contributed by atoms with van der Waals surface area (Å²) in [6.07, 6.45) is 2.65. The molecule has 9 nitrogen and oxygen atoms in total. The number of rotatable bonds is 5. The Bertz CT molecular complexity index is 1170. The Morgan fingerprint density at radius 2 is 1.59 bits per heavy atom. The SMILES string of the molecule is COc1ccc(N=C2C(=O)N(c3ccc(N4CCCCC4=O)cc3)CCC2=C(N)C(=O)O)cc1. The van der Waals surface area contributed by atoms with Crippen LogP contribution in [0.2, 0.25) is 0 Å². The topological polar surface area (TPSA) is 126 Å². The van der Waals surface area contributed by atoms with Crippen LogP contribution in [-0.4, -0.2) is 48.8 Å². The van der Waals surface area contributed by atoms with Crippen molar-refractivity contribution in [2.45, 2.75) is 25.7 Å². The van der Waals surface area contributed by atoms with E-state index in [4.69, 9.17) is 10.5 Å². The van der Waals surface area contributed by atoms with E-state index in [1.807, 2.05) is 12.1 Å². The number of nitrogens with two attached hydrogens (primary N) is 1. The van der Waals surface area contributed by atoms with E-state index in [2.05, 4.69) is 4.99 Å². The van der Waals surface area contributed by atoms with Gasteiger partial charge in [0, 0.05) is 36.5 Å². The Morgan fingerprint density at radius 1 is 0.941 bits per heavy atom. The maximum atomic E-state index is 13.5. The first-order valence-corrected chi connectivity index (χ1v) is 11.1. The molecule has 0 radical (unpaired) electrons. The van der Waals surface area contributed by atoms with Crippen molar-refractivity contribution in [3.8, 4) is 5.75 Å². The zero-order valence-electron chi connectivity index (χ0n) is 18.9. The van der Waals surface area contributed by atoms with Crippen molar-refractivity contribution < 1.29 is 24.2 Å². The molecule has 0 aromatic heterocycles. The van der Waals surface area contributed by atoms with Crippen LogP contribution in [0.5, 0.6) is 5.75 Å². The van der Waals surface area contributed by atoms with Crippen LogP contribution >= 0.6 is 0 Å². The quantitative estimate of drug-likeness (QED) is 0.658. The molecular weight excluding hydrogens is 436 g/mol. The third-order valence-corrected chi connectivity index (χ3v) is 5.98. The molecule has 0 spiro atoms. The Balaban J connectivity index is 1.66. The van der Waals surface area contributed by atoms with E-state index < -0.39 is 11.9 Å². The summed E-state index contributed by atoms with van der Waals surface area (Å²) in [4.78, 5) is 45.0. The summed E-state index contributed by atoms with van der Waals surface area (Å²) in [7, 11) is 1.55. The Labute approximate surface area is 197 Å². The number of amides is 2. The van der Waals surface area contributed by atoms with Gasteiger partial charge >= 0.3 is 5.97 Å². The predicted octanol–water partition coefficient (Wildman–Crippen LogP) is 3.02. The van der Waals surface area contributed by atoms with E-state index in [1.165, 1.54) is 0 Å². The zero-order chi connectivity index (χ0) is 24.2. The first-order chi connectivity index (χ1) is 16.4. The summed E-state index contributed by atoms with van der Waals surface area (Å²) in [5.41, 5.74) is 7.52. The van der Waals surface area contributed by atoms with Crippen LogP contribution in [0.4, 0.5) is 17.1 Å². The molecule has 2 fully saturated rings. The second-order valence-corrected chi connectivity index (χ2v) is 8.08. The summed E-state index contributed by atoms with van der Waals surface area (Å²) >= 11 is 0. The largest absolute Gasteiger partial charge is 0.497 e. The van der Waals surface area contributed by atoms with E-state index in [-0.39, 0.29) is 35.9 Å². The smallest absolute Gasteiger partial charge is 0.352 e. The second kappa shape index (κ2) is 9.78. The van der Waals surface area contributed by atoms with Crippen molar-refractivity contribution in [3.05, 3.63) is 59.8 Å². The molecule has 176 valence electrons. The molecule has 4 rings (SSSR count). The lowest BCUT2D eigenvalue weighted by atomic mass is 9.97. The fourth-order valence-electron chi connectivity index (χ4n) is 4.13. The van der Waals surface area contributed by atoms with Crippen molar-refractivity contribution >= 4 is 40.6 Å². The van der Waals surface area contributed by atoms with Crippen LogP contribution in [0, 0.1) is 0 Å².